The lowest BCUT2D eigenvalue weighted by atomic mass is 9.89. The Balaban J connectivity index is 1.56. The number of benzene rings is 2. The van der Waals surface area contributed by atoms with Gasteiger partial charge in [0.25, 0.3) is 11.8 Å². The summed E-state index contributed by atoms with van der Waals surface area (Å²) >= 11 is 8.45. The van der Waals surface area contributed by atoms with E-state index in [9.17, 15) is 9.59 Å². The van der Waals surface area contributed by atoms with E-state index < -0.39 is 0 Å². The van der Waals surface area contributed by atoms with E-state index in [1.807, 2.05) is 43.1 Å². The molecule has 0 unspecified atom stereocenters. The highest BCUT2D eigenvalue weighted by molar-refractivity contribution is 7.21. The van der Waals surface area contributed by atoms with Crippen molar-refractivity contribution in [2.45, 2.75) is 58.2 Å². The Morgan fingerprint density at radius 1 is 1.02 bits per heavy atom. The van der Waals surface area contributed by atoms with Gasteiger partial charge in [-0.05, 0) is 93.1 Å². The molecule has 1 fully saturated rings. The maximum atomic E-state index is 14.5. The third-order valence-corrected chi connectivity index (χ3v) is 10.2. The van der Waals surface area contributed by atoms with Gasteiger partial charge in [-0.15, -0.1) is 11.3 Å². The molecule has 0 radical (unpaired) electrons. The second-order valence-electron chi connectivity index (χ2n) is 10.9. The van der Waals surface area contributed by atoms with E-state index in [1.54, 1.807) is 26.4 Å². The second kappa shape index (κ2) is 12.8. The van der Waals surface area contributed by atoms with Gasteiger partial charge < -0.3 is 20.3 Å². The molecule has 0 saturated heterocycles. The van der Waals surface area contributed by atoms with Crippen LogP contribution in [0.25, 0.3) is 21.2 Å². The van der Waals surface area contributed by atoms with Gasteiger partial charge in [0.1, 0.15) is 16.3 Å². The number of nitrogens with zero attached hydrogens (tertiary/aromatic N) is 2. The maximum absolute atomic E-state index is 14.5. The summed E-state index contributed by atoms with van der Waals surface area (Å²) in [7, 11) is 5.23. The van der Waals surface area contributed by atoms with Crippen LogP contribution in [0.3, 0.4) is 0 Å². The number of hydrogen-bond acceptors (Lipinski definition) is 6. The standard InChI is InChI=1S/C33H37ClN4O3S/c1-19-6-7-20(2)30-28(19)29(34)31(42-30)33(40)38(25-11-9-24(35-3)10-12-25)18-23-16-21(8-13-27(23)41-5)22-14-15-37-26(17-22)32(39)36-4/h6-8,13-17,24-25,35H,9-12,18H2,1-5H3,(H,36,39). The summed E-state index contributed by atoms with van der Waals surface area (Å²) in [5.41, 5.74) is 5.19. The number of fused-ring (bicyclic) bond motifs is 1. The van der Waals surface area contributed by atoms with E-state index in [2.05, 4.69) is 34.7 Å². The van der Waals surface area contributed by atoms with Crippen molar-refractivity contribution in [1.29, 1.82) is 0 Å². The Bertz CT molecular complexity index is 1630. The summed E-state index contributed by atoms with van der Waals surface area (Å²) < 4.78 is 6.84. The predicted octanol–water partition coefficient (Wildman–Crippen LogP) is 6.77. The summed E-state index contributed by atoms with van der Waals surface area (Å²) in [6.07, 6.45) is 5.44. The molecular weight excluding hydrogens is 568 g/mol. The van der Waals surface area contributed by atoms with Gasteiger partial charge in [0.05, 0.1) is 12.1 Å². The summed E-state index contributed by atoms with van der Waals surface area (Å²) in [4.78, 5) is 33.5. The van der Waals surface area contributed by atoms with E-state index in [0.717, 1.165) is 63.6 Å². The molecule has 2 N–H and O–H groups in total. The highest BCUT2D eigenvalue weighted by Crippen LogP contribution is 2.41. The smallest absolute Gasteiger partial charge is 0.269 e. The molecule has 0 aliphatic heterocycles. The lowest BCUT2D eigenvalue weighted by Gasteiger charge is -2.37. The highest BCUT2D eigenvalue weighted by atomic mass is 35.5. The Morgan fingerprint density at radius 2 is 1.74 bits per heavy atom. The zero-order chi connectivity index (χ0) is 30.0. The van der Waals surface area contributed by atoms with Crippen LogP contribution >= 0.6 is 22.9 Å². The third-order valence-electron chi connectivity index (χ3n) is 8.36. The summed E-state index contributed by atoms with van der Waals surface area (Å²) in [6.45, 7) is 4.47. The van der Waals surface area contributed by atoms with Crippen LogP contribution in [-0.4, -0.2) is 55.0 Å². The molecule has 2 heterocycles. The van der Waals surface area contributed by atoms with Crippen LogP contribution in [0.5, 0.6) is 5.75 Å². The molecule has 42 heavy (non-hydrogen) atoms. The Labute approximate surface area is 256 Å². The SMILES string of the molecule is CNC(=O)c1cc(-c2ccc(OC)c(CN(C(=O)c3sc4c(C)ccc(C)c4c3Cl)C3CCC(NC)CC3)c2)ccn1. The fraction of sp³-hybridized carbons (Fsp3) is 0.364. The minimum absolute atomic E-state index is 0.0498. The van der Waals surface area contributed by atoms with Gasteiger partial charge in [-0.1, -0.05) is 29.8 Å². The molecule has 5 rings (SSSR count). The average Bonchev–Trinajstić information content (AvgIpc) is 3.39. The van der Waals surface area contributed by atoms with E-state index in [1.165, 1.54) is 11.3 Å². The van der Waals surface area contributed by atoms with Gasteiger partial charge in [0, 0.05) is 47.5 Å². The number of amides is 2. The van der Waals surface area contributed by atoms with Crippen molar-refractivity contribution in [3.63, 3.8) is 0 Å². The number of pyridine rings is 1. The molecule has 220 valence electrons. The number of nitrogens with one attached hydrogen (secondary N) is 2. The van der Waals surface area contributed by atoms with E-state index in [-0.39, 0.29) is 17.9 Å². The number of aryl methyl sites for hydroxylation is 2. The fourth-order valence-corrected chi connectivity index (χ4v) is 7.58. The highest BCUT2D eigenvalue weighted by Gasteiger charge is 2.32. The van der Waals surface area contributed by atoms with Crippen LogP contribution in [0.15, 0.2) is 48.7 Å². The van der Waals surface area contributed by atoms with Gasteiger partial charge in [0.15, 0.2) is 0 Å². The molecule has 0 atom stereocenters. The van der Waals surface area contributed by atoms with Crippen LogP contribution in [0, 0.1) is 13.8 Å². The first-order chi connectivity index (χ1) is 20.2. The number of methoxy groups -OCH3 is 1. The number of halogens is 1. The van der Waals surface area contributed by atoms with Crippen LogP contribution in [0.4, 0.5) is 0 Å². The van der Waals surface area contributed by atoms with Gasteiger partial charge >= 0.3 is 0 Å². The van der Waals surface area contributed by atoms with Crippen LogP contribution in [0.1, 0.15) is 62.5 Å². The van der Waals surface area contributed by atoms with Gasteiger partial charge in [-0.25, -0.2) is 0 Å². The molecule has 1 aliphatic carbocycles. The lowest BCUT2D eigenvalue weighted by molar-refractivity contribution is 0.0604. The van der Waals surface area contributed by atoms with Crippen LogP contribution in [-0.2, 0) is 6.54 Å². The Hall–Kier alpha value is -3.46. The normalized spacial score (nSPS) is 16.8. The van der Waals surface area contributed by atoms with E-state index in [4.69, 9.17) is 16.3 Å². The molecule has 0 bridgehead atoms. The summed E-state index contributed by atoms with van der Waals surface area (Å²) in [5, 5.41) is 7.53. The van der Waals surface area contributed by atoms with Crippen molar-refractivity contribution in [2.24, 2.45) is 0 Å². The Morgan fingerprint density at radius 3 is 2.40 bits per heavy atom. The first-order valence-corrected chi connectivity index (χ1v) is 15.5. The van der Waals surface area contributed by atoms with E-state index >= 15 is 0 Å². The first kappa shape index (κ1) is 30.0. The van der Waals surface area contributed by atoms with Crippen molar-refractivity contribution in [3.8, 4) is 16.9 Å². The number of hydrogen-bond donors (Lipinski definition) is 2. The minimum atomic E-state index is -0.245. The van der Waals surface area contributed by atoms with Crippen molar-refractivity contribution >= 4 is 44.8 Å². The van der Waals surface area contributed by atoms with Crippen LogP contribution in [0.2, 0.25) is 5.02 Å². The number of carbonyl (C=O) groups excluding carboxylic acids is 2. The number of thiophene rings is 1. The zero-order valence-corrected chi connectivity index (χ0v) is 26.3. The minimum Gasteiger partial charge on any atom is -0.496 e. The maximum Gasteiger partial charge on any atom is 0.269 e. The molecule has 2 amide bonds. The summed E-state index contributed by atoms with van der Waals surface area (Å²) in [5.74, 6) is 0.409. The fourth-order valence-electron chi connectivity index (χ4n) is 5.89. The molecule has 9 heteroatoms. The topological polar surface area (TPSA) is 83.6 Å². The molecule has 1 aliphatic rings. The number of carbonyl (C=O) groups is 2. The molecule has 1 saturated carbocycles. The molecule has 7 nitrogen and oxygen atoms in total. The number of ether oxygens (including phenoxy) is 1. The average molecular weight is 605 g/mol. The third kappa shape index (κ3) is 5.89. The predicted molar refractivity (Wildman–Crippen MR) is 171 cm³/mol. The molecular formula is C33H37ClN4O3S. The van der Waals surface area contributed by atoms with Crippen molar-refractivity contribution in [1.82, 2.24) is 20.5 Å². The number of rotatable bonds is 8. The molecule has 2 aromatic heterocycles. The van der Waals surface area contributed by atoms with Gasteiger partial charge in [0.2, 0.25) is 0 Å². The van der Waals surface area contributed by atoms with Gasteiger partial charge in [-0.3, -0.25) is 14.6 Å². The number of aromatic nitrogens is 1. The quantitative estimate of drug-likeness (QED) is 0.232. The first-order valence-electron chi connectivity index (χ1n) is 14.3. The van der Waals surface area contributed by atoms with E-state index in [0.29, 0.717) is 33.9 Å². The van der Waals surface area contributed by atoms with Gasteiger partial charge in [-0.2, -0.15) is 0 Å². The van der Waals surface area contributed by atoms with Crippen molar-refractivity contribution < 1.29 is 14.3 Å². The van der Waals surface area contributed by atoms with Crippen LogP contribution < -0.4 is 15.4 Å². The Kier molecular flexibility index (Phi) is 9.16. The second-order valence-corrected chi connectivity index (χ2v) is 12.3. The summed E-state index contributed by atoms with van der Waals surface area (Å²) in [6, 6.07) is 14.2. The monoisotopic (exact) mass is 604 g/mol. The van der Waals surface area contributed by atoms with Crippen molar-refractivity contribution in [2.75, 3.05) is 21.2 Å². The van der Waals surface area contributed by atoms with Crippen molar-refractivity contribution in [3.05, 3.63) is 80.9 Å². The molecule has 2 aromatic carbocycles. The largest absolute Gasteiger partial charge is 0.496 e. The molecule has 4 aromatic rings. The zero-order valence-electron chi connectivity index (χ0n) is 24.7. The molecule has 0 spiro atoms. The lowest BCUT2D eigenvalue weighted by Crippen LogP contribution is -2.44.